The van der Waals surface area contributed by atoms with Gasteiger partial charge in [-0.25, -0.2) is 9.97 Å². The van der Waals surface area contributed by atoms with Crippen molar-refractivity contribution in [2.24, 2.45) is 5.92 Å². The number of methoxy groups -OCH3 is 1. The number of anilines is 1. The van der Waals surface area contributed by atoms with Crippen LogP contribution in [0.1, 0.15) is 42.5 Å². The Labute approximate surface area is 132 Å². The molecule has 0 bridgehead atoms. The average Bonchev–Trinajstić information content (AvgIpc) is 2.51. The minimum absolute atomic E-state index is 0.145. The normalized spacial score (nSPS) is 18.3. The van der Waals surface area contributed by atoms with Crippen LogP contribution in [0.4, 0.5) is 5.82 Å². The van der Waals surface area contributed by atoms with Crippen LogP contribution < -0.4 is 10.2 Å². The van der Waals surface area contributed by atoms with E-state index in [4.69, 9.17) is 4.74 Å². The van der Waals surface area contributed by atoms with E-state index in [1.54, 1.807) is 13.2 Å². The Hall–Kier alpha value is -1.69. The summed E-state index contributed by atoms with van der Waals surface area (Å²) in [5, 5.41) is 2.87. The number of hydrogen-bond acceptors (Lipinski definition) is 5. The third kappa shape index (κ3) is 4.66. The molecular formula is C16H26N4O2. The number of aromatic nitrogens is 2. The van der Waals surface area contributed by atoms with Crippen LogP contribution in [-0.2, 0) is 4.74 Å². The van der Waals surface area contributed by atoms with Crippen molar-refractivity contribution in [3.8, 4) is 0 Å². The first kappa shape index (κ1) is 16.7. The Balaban J connectivity index is 2.04. The van der Waals surface area contributed by atoms with Gasteiger partial charge >= 0.3 is 0 Å². The van der Waals surface area contributed by atoms with Crippen molar-refractivity contribution >= 4 is 11.7 Å². The van der Waals surface area contributed by atoms with Gasteiger partial charge in [0.25, 0.3) is 5.91 Å². The molecule has 0 radical (unpaired) electrons. The van der Waals surface area contributed by atoms with Crippen molar-refractivity contribution in [2.45, 2.75) is 33.1 Å². The lowest BCUT2D eigenvalue weighted by atomic mass is 10.0. The highest BCUT2D eigenvalue weighted by molar-refractivity contribution is 5.92. The molecule has 6 heteroatoms. The summed E-state index contributed by atoms with van der Waals surface area (Å²) in [6.45, 7) is 7.30. The molecule has 1 aliphatic heterocycles. The van der Waals surface area contributed by atoms with Crippen LogP contribution in [-0.4, -0.2) is 49.2 Å². The van der Waals surface area contributed by atoms with Gasteiger partial charge in [-0.1, -0.05) is 6.92 Å². The van der Waals surface area contributed by atoms with E-state index in [9.17, 15) is 4.79 Å². The van der Waals surface area contributed by atoms with Crippen molar-refractivity contribution in [1.82, 2.24) is 15.3 Å². The second-order valence-electron chi connectivity index (χ2n) is 5.95. The Kier molecular flexibility index (Phi) is 6.12. The number of ether oxygens (including phenoxy) is 1. The van der Waals surface area contributed by atoms with Crippen LogP contribution in [0.15, 0.2) is 6.07 Å². The van der Waals surface area contributed by atoms with Crippen LogP contribution in [0.5, 0.6) is 0 Å². The number of carbonyl (C=O) groups is 1. The van der Waals surface area contributed by atoms with Crippen molar-refractivity contribution in [1.29, 1.82) is 0 Å². The van der Waals surface area contributed by atoms with E-state index in [1.807, 2.05) is 6.92 Å². The van der Waals surface area contributed by atoms with Crippen LogP contribution in [0.3, 0.4) is 0 Å². The lowest BCUT2D eigenvalue weighted by molar-refractivity contribution is 0.0943. The molecule has 1 aromatic heterocycles. The molecule has 1 saturated heterocycles. The molecule has 0 aliphatic carbocycles. The number of carbonyl (C=O) groups excluding carboxylic acids is 1. The molecule has 122 valence electrons. The average molecular weight is 306 g/mol. The van der Waals surface area contributed by atoms with Crippen molar-refractivity contribution in [3.05, 3.63) is 17.6 Å². The predicted molar refractivity (Wildman–Crippen MR) is 86.2 cm³/mol. The summed E-state index contributed by atoms with van der Waals surface area (Å²) in [4.78, 5) is 23.2. The minimum Gasteiger partial charge on any atom is -0.385 e. The van der Waals surface area contributed by atoms with Crippen LogP contribution in [0.2, 0.25) is 0 Å². The summed E-state index contributed by atoms with van der Waals surface area (Å²) in [6, 6.07) is 1.80. The van der Waals surface area contributed by atoms with Crippen LogP contribution in [0.25, 0.3) is 0 Å². The van der Waals surface area contributed by atoms with Crippen LogP contribution >= 0.6 is 0 Å². The lowest BCUT2D eigenvalue weighted by Crippen LogP contribution is -2.35. The van der Waals surface area contributed by atoms with Gasteiger partial charge in [-0.2, -0.15) is 0 Å². The van der Waals surface area contributed by atoms with E-state index < -0.39 is 0 Å². The summed E-state index contributed by atoms with van der Waals surface area (Å²) in [7, 11) is 1.65. The smallest absolute Gasteiger partial charge is 0.270 e. The summed E-state index contributed by atoms with van der Waals surface area (Å²) < 4.78 is 4.97. The quantitative estimate of drug-likeness (QED) is 0.812. The van der Waals surface area contributed by atoms with Gasteiger partial charge in [0.15, 0.2) is 0 Å². The molecule has 1 aliphatic rings. The van der Waals surface area contributed by atoms with Crippen molar-refractivity contribution < 1.29 is 9.53 Å². The van der Waals surface area contributed by atoms with E-state index in [1.165, 1.54) is 12.8 Å². The molecule has 6 nitrogen and oxygen atoms in total. The fraction of sp³-hybridized carbons (Fsp3) is 0.688. The third-order valence-corrected chi connectivity index (χ3v) is 3.85. The standard InChI is InChI=1S/C16H26N4O2/c1-12-6-4-8-20(11-12)15-10-14(18-13(2)19-15)16(21)17-7-5-9-22-3/h10,12H,4-9,11H2,1-3H3,(H,17,21). The molecule has 0 saturated carbocycles. The Bertz CT molecular complexity index is 507. The summed E-state index contributed by atoms with van der Waals surface area (Å²) in [6.07, 6.45) is 3.22. The summed E-state index contributed by atoms with van der Waals surface area (Å²) in [5.41, 5.74) is 0.443. The molecule has 1 fully saturated rings. The van der Waals surface area contributed by atoms with Gasteiger partial charge in [0, 0.05) is 39.4 Å². The number of aryl methyl sites for hydroxylation is 1. The first-order chi connectivity index (χ1) is 10.6. The van der Waals surface area contributed by atoms with E-state index in [-0.39, 0.29) is 5.91 Å². The Morgan fingerprint density at radius 1 is 1.50 bits per heavy atom. The molecule has 1 unspecified atom stereocenters. The second-order valence-corrected chi connectivity index (χ2v) is 5.95. The van der Waals surface area contributed by atoms with Gasteiger partial charge in [0.05, 0.1) is 0 Å². The number of nitrogens with one attached hydrogen (secondary N) is 1. The highest BCUT2D eigenvalue weighted by atomic mass is 16.5. The largest absolute Gasteiger partial charge is 0.385 e. The van der Waals surface area contributed by atoms with Gasteiger partial charge in [0.1, 0.15) is 17.3 Å². The van der Waals surface area contributed by atoms with E-state index in [0.717, 1.165) is 25.3 Å². The predicted octanol–water partition coefficient (Wildman–Crippen LogP) is 1.79. The van der Waals surface area contributed by atoms with Gasteiger partial charge < -0.3 is 15.0 Å². The fourth-order valence-electron chi connectivity index (χ4n) is 2.74. The fourth-order valence-corrected chi connectivity index (χ4v) is 2.74. The SMILES string of the molecule is COCCCNC(=O)c1cc(N2CCCC(C)C2)nc(C)n1. The molecular weight excluding hydrogens is 280 g/mol. The monoisotopic (exact) mass is 306 g/mol. The topological polar surface area (TPSA) is 67.3 Å². The number of hydrogen-bond donors (Lipinski definition) is 1. The number of nitrogens with zero attached hydrogens (tertiary/aromatic N) is 3. The lowest BCUT2D eigenvalue weighted by Gasteiger charge is -2.32. The molecule has 2 rings (SSSR count). The maximum atomic E-state index is 12.2. The first-order valence-electron chi connectivity index (χ1n) is 7.98. The molecule has 1 N–H and O–H groups in total. The van der Waals surface area contributed by atoms with Crippen molar-refractivity contribution in [2.75, 3.05) is 38.3 Å². The number of rotatable bonds is 6. The number of piperidine rings is 1. The van der Waals surface area contributed by atoms with Gasteiger partial charge in [-0.15, -0.1) is 0 Å². The maximum absolute atomic E-state index is 12.2. The van der Waals surface area contributed by atoms with Crippen molar-refractivity contribution in [3.63, 3.8) is 0 Å². The zero-order valence-electron chi connectivity index (χ0n) is 13.8. The third-order valence-electron chi connectivity index (χ3n) is 3.85. The van der Waals surface area contributed by atoms with E-state index >= 15 is 0 Å². The molecule has 1 atom stereocenters. The van der Waals surface area contributed by atoms with Gasteiger partial charge in [-0.3, -0.25) is 4.79 Å². The Morgan fingerprint density at radius 2 is 2.32 bits per heavy atom. The molecule has 22 heavy (non-hydrogen) atoms. The summed E-state index contributed by atoms with van der Waals surface area (Å²) in [5.74, 6) is 2.02. The van der Waals surface area contributed by atoms with Gasteiger partial charge in [-0.05, 0) is 32.1 Å². The first-order valence-corrected chi connectivity index (χ1v) is 7.98. The number of amides is 1. The minimum atomic E-state index is -0.145. The zero-order chi connectivity index (χ0) is 15.9. The molecule has 2 heterocycles. The van der Waals surface area contributed by atoms with Crippen LogP contribution in [0, 0.1) is 12.8 Å². The molecule has 0 aromatic carbocycles. The highest BCUT2D eigenvalue weighted by Gasteiger charge is 2.19. The molecule has 1 aromatic rings. The van der Waals surface area contributed by atoms with E-state index in [0.29, 0.717) is 30.6 Å². The molecule has 1 amide bonds. The Morgan fingerprint density at radius 3 is 3.05 bits per heavy atom. The van der Waals surface area contributed by atoms with Gasteiger partial charge in [0.2, 0.25) is 0 Å². The maximum Gasteiger partial charge on any atom is 0.270 e. The molecule has 0 spiro atoms. The summed E-state index contributed by atoms with van der Waals surface area (Å²) >= 11 is 0. The second kappa shape index (κ2) is 8.08. The zero-order valence-corrected chi connectivity index (χ0v) is 13.8. The highest BCUT2D eigenvalue weighted by Crippen LogP contribution is 2.21. The van der Waals surface area contributed by atoms with E-state index in [2.05, 4.69) is 27.1 Å².